The van der Waals surface area contributed by atoms with E-state index in [0.29, 0.717) is 5.82 Å². The third-order valence-corrected chi connectivity index (χ3v) is 8.75. The summed E-state index contributed by atoms with van der Waals surface area (Å²) < 4.78 is 6.38. The Morgan fingerprint density at radius 3 is 1.91 bits per heavy atom. The minimum Gasteiger partial charge on any atom is -0.457 e. The van der Waals surface area contributed by atoms with Crippen LogP contribution in [0.2, 0.25) is 0 Å². The summed E-state index contributed by atoms with van der Waals surface area (Å²) in [5.41, 5.74) is 10.8. The first kappa shape index (κ1) is 26.1. The predicted octanol–water partition coefficient (Wildman–Crippen LogP) is 10.7. The Morgan fingerprint density at radius 1 is 0.477 bits per heavy atom. The fourth-order valence-corrected chi connectivity index (χ4v) is 6.50. The highest BCUT2D eigenvalue weighted by Crippen LogP contribution is 2.51. The molecule has 0 unspecified atom stereocenters. The van der Waals surface area contributed by atoms with E-state index in [1.807, 2.05) is 24.3 Å². The lowest BCUT2D eigenvalue weighted by Crippen LogP contribution is -2.25. The quantitative estimate of drug-likeness (QED) is 0.213. The first-order valence-corrected chi connectivity index (χ1v) is 15.0. The molecule has 210 valence electrons. The van der Waals surface area contributed by atoms with Crippen molar-refractivity contribution in [1.29, 1.82) is 0 Å². The molecule has 0 saturated carbocycles. The minimum absolute atomic E-state index is 0.203. The zero-order valence-electron chi connectivity index (χ0n) is 24.7. The number of rotatable bonds is 4. The first-order chi connectivity index (χ1) is 21.6. The third kappa shape index (κ3) is 4.37. The number of hydrogen-bond donors (Lipinski definition) is 0. The minimum atomic E-state index is -0.203. The van der Waals surface area contributed by atoms with E-state index in [4.69, 9.17) is 14.7 Å². The summed E-state index contributed by atoms with van der Waals surface area (Å²) in [7, 11) is 0. The van der Waals surface area contributed by atoms with Gasteiger partial charge in [0.15, 0.2) is 5.82 Å². The maximum atomic E-state index is 6.38. The average Bonchev–Trinajstić information content (AvgIpc) is 3.08. The topological polar surface area (TPSA) is 35.0 Å². The van der Waals surface area contributed by atoms with Gasteiger partial charge in [-0.15, -0.1) is 0 Å². The summed E-state index contributed by atoms with van der Waals surface area (Å²) in [6.07, 6.45) is 0. The van der Waals surface area contributed by atoms with Gasteiger partial charge in [-0.3, -0.25) is 0 Å². The monoisotopic (exact) mass is 566 g/mol. The number of hydrogen-bond acceptors (Lipinski definition) is 3. The first-order valence-electron chi connectivity index (χ1n) is 15.0. The van der Waals surface area contributed by atoms with E-state index in [1.54, 1.807) is 0 Å². The molecule has 44 heavy (non-hydrogen) atoms. The van der Waals surface area contributed by atoms with Crippen molar-refractivity contribution in [3.63, 3.8) is 0 Å². The molecule has 1 aliphatic heterocycles. The summed E-state index contributed by atoms with van der Waals surface area (Å²) >= 11 is 0. The Bertz CT molecular complexity index is 2150. The second kappa shape index (κ2) is 10.3. The second-order valence-corrected chi connectivity index (χ2v) is 11.8. The molecule has 1 aliphatic rings. The van der Waals surface area contributed by atoms with Crippen molar-refractivity contribution < 1.29 is 4.74 Å². The molecule has 7 aromatic rings. The van der Waals surface area contributed by atoms with Crippen LogP contribution >= 0.6 is 0 Å². The molecule has 0 spiro atoms. The lowest BCUT2D eigenvalue weighted by molar-refractivity contribution is 0.419. The summed E-state index contributed by atoms with van der Waals surface area (Å²) in [5.74, 6) is 2.55. The molecule has 1 aromatic heterocycles. The van der Waals surface area contributed by atoms with Crippen molar-refractivity contribution in [3.05, 3.63) is 157 Å². The molecule has 3 nitrogen and oxygen atoms in total. The van der Waals surface area contributed by atoms with E-state index in [1.165, 1.54) is 27.8 Å². The molecule has 0 aliphatic carbocycles. The van der Waals surface area contributed by atoms with Gasteiger partial charge in [-0.1, -0.05) is 141 Å². The Balaban J connectivity index is 1.18. The van der Waals surface area contributed by atoms with Crippen LogP contribution in [0.3, 0.4) is 0 Å². The maximum absolute atomic E-state index is 6.38. The Hall–Kier alpha value is -5.54. The van der Waals surface area contributed by atoms with Crippen LogP contribution in [0.15, 0.2) is 146 Å². The van der Waals surface area contributed by atoms with Gasteiger partial charge in [0.1, 0.15) is 11.5 Å². The average molecular weight is 567 g/mol. The number of para-hydroxylation sites is 2. The molecule has 0 saturated heterocycles. The molecule has 3 heteroatoms. The van der Waals surface area contributed by atoms with Gasteiger partial charge >= 0.3 is 0 Å². The van der Waals surface area contributed by atoms with Gasteiger partial charge in [0, 0.05) is 33.1 Å². The maximum Gasteiger partial charge on any atom is 0.160 e. The standard InChI is InChI=1S/C41H30N2O/c1-41(2)34-15-7-9-17-36(34)44-37-18-10-14-32(38(37)41)29-21-25-31(26-22-29)40-42-35-16-8-6-13-33(35)39(43-40)30-23-19-28(20-24-30)27-11-4-3-5-12-27/h3-26H,1-2H3. The highest BCUT2D eigenvalue weighted by Gasteiger charge is 2.36. The summed E-state index contributed by atoms with van der Waals surface area (Å²) in [6, 6.07) is 50.6. The number of nitrogens with zero attached hydrogens (tertiary/aromatic N) is 2. The van der Waals surface area contributed by atoms with Gasteiger partial charge in [-0.05, 0) is 40.5 Å². The summed E-state index contributed by atoms with van der Waals surface area (Å²) in [6.45, 7) is 4.56. The summed E-state index contributed by atoms with van der Waals surface area (Å²) in [5, 5.41) is 1.04. The SMILES string of the molecule is CC1(C)c2ccccc2Oc2cccc(-c3ccc(-c4nc(-c5ccc(-c6ccccc6)cc5)c5ccccc5n4)cc3)c21. The molecular formula is C41H30N2O. The van der Waals surface area contributed by atoms with E-state index in [-0.39, 0.29) is 5.41 Å². The highest BCUT2D eigenvalue weighted by atomic mass is 16.5. The van der Waals surface area contributed by atoms with Crippen LogP contribution in [0.1, 0.15) is 25.0 Å². The Labute approximate surface area is 257 Å². The molecule has 0 N–H and O–H groups in total. The van der Waals surface area contributed by atoms with E-state index < -0.39 is 0 Å². The molecule has 0 atom stereocenters. The van der Waals surface area contributed by atoms with Crippen molar-refractivity contribution in [2.75, 3.05) is 0 Å². The van der Waals surface area contributed by atoms with Crippen molar-refractivity contribution in [2.24, 2.45) is 0 Å². The largest absolute Gasteiger partial charge is 0.457 e. The normalized spacial score (nSPS) is 13.1. The molecule has 0 radical (unpaired) electrons. The Kier molecular flexibility index (Phi) is 6.13. The van der Waals surface area contributed by atoms with Gasteiger partial charge < -0.3 is 4.74 Å². The second-order valence-electron chi connectivity index (χ2n) is 11.8. The van der Waals surface area contributed by atoms with Crippen molar-refractivity contribution >= 4 is 10.9 Å². The molecule has 0 amide bonds. The van der Waals surface area contributed by atoms with Crippen LogP contribution in [-0.2, 0) is 5.41 Å². The van der Waals surface area contributed by atoms with Crippen LogP contribution in [0.25, 0.3) is 55.8 Å². The van der Waals surface area contributed by atoms with Gasteiger partial charge in [-0.25, -0.2) is 9.97 Å². The fourth-order valence-electron chi connectivity index (χ4n) is 6.50. The molecular weight excluding hydrogens is 536 g/mol. The van der Waals surface area contributed by atoms with Gasteiger partial charge in [0.25, 0.3) is 0 Å². The number of ether oxygens (including phenoxy) is 1. The molecule has 0 bridgehead atoms. The zero-order chi connectivity index (χ0) is 29.7. The highest BCUT2D eigenvalue weighted by molar-refractivity contribution is 5.94. The van der Waals surface area contributed by atoms with Gasteiger partial charge in [0.2, 0.25) is 0 Å². The molecule has 8 rings (SSSR count). The number of benzene rings is 6. The lowest BCUT2D eigenvalue weighted by Gasteiger charge is -2.36. The predicted molar refractivity (Wildman–Crippen MR) is 180 cm³/mol. The molecule has 6 aromatic carbocycles. The van der Waals surface area contributed by atoms with E-state index in [9.17, 15) is 0 Å². The van der Waals surface area contributed by atoms with Crippen LogP contribution in [-0.4, -0.2) is 9.97 Å². The van der Waals surface area contributed by atoms with Crippen LogP contribution in [0.5, 0.6) is 11.5 Å². The molecule has 0 fully saturated rings. The Morgan fingerprint density at radius 2 is 1.09 bits per heavy atom. The zero-order valence-corrected chi connectivity index (χ0v) is 24.7. The van der Waals surface area contributed by atoms with Crippen molar-refractivity contribution in [3.8, 4) is 56.4 Å². The molecule has 2 heterocycles. The summed E-state index contributed by atoms with van der Waals surface area (Å²) in [4.78, 5) is 10.1. The van der Waals surface area contributed by atoms with E-state index in [2.05, 4.69) is 135 Å². The van der Waals surface area contributed by atoms with Crippen LogP contribution in [0.4, 0.5) is 0 Å². The smallest absolute Gasteiger partial charge is 0.160 e. The number of aromatic nitrogens is 2. The van der Waals surface area contributed by atoms with Crippen LogP contribution in [0, 0.1) is 0 Å². The van der Waals surface area contributed by atoms with Crippen molar-refractivity contribution in [1.82, 2.24) is 9.97 Å². The van der Waals surface area contributed by atoms with Crippen LogP contribution < -0.4 is 4.74 Å². The van der Waals surface area contributed by atoms with E-state index >= 15 is 0 Å². The van der Waals surface area contributed by atoms with Gasteiger partial charge in [-0.2, -0.15) is 0 Å². The fraction of sp³-hybridized carbons (Fsp3) is 0.0732. The van der Waals surface area contributed by atoms with Gasteiger partial charge in [0.05, 0.1) is 11.2 Å². The third-order valence-electron chi connectivity index (χ3n) is 8.75. The van der Waals surface area contributed by atoms with E-state index in [0.717, 1.165) is 44.8 Å². The van der Waals surface area contributed by atoms with Crippen molar-refractivity contribution in [2.45, 2.75) is 19.3 Å². The lowest BCUT2D eigenvalue weighted by atomic mass is 9.73. The number of fused-ring (bicyclic) bond motifs is 3.